The largest absolute Gasteiger partial charge is 0.308 e. The van der Waals surface area contributed by atoms with Gasteiger partial charge in [-0.05, 0) is 18.8 Å². The maximum atomic E-state index is 4.18. The molecule has 0 aliphatic heterocycles. The molecule has 0 saturated heterocycles. The Labute approximate surface area is 88.9 Å². The number of rotatable bonds is 5. The van der Waals surface area contributed by atoms with E-state index in [1.165, 1.54) is 17.8 Å². The smallest absolute Gasteiger partial charge is 0.131 e. The summed E-state index contributed by atoms with van der Waals surface area (Å²) in [5.41, 5.74) is 0. The van der Waals surface area contributed by atoms with Crippen molar-refractivity contribution in [3.8, 4) is 0 Å². The van der Waals surface area contributed by atoms with E-state index in [2.05, 4.69) is 29.4 Å². The Hall–Kier alpha value is -0.480. The van der Waals surface area contributed by atoms with Gasteiger partial charge in [-0.25, -0.2) is 0 Å². The molecule has 0 amide bonds. The number of hydrogen-bond donors (Lipinski definition) is 1. The molecule has 2 rings (SSSR count). The quantitative estimate of drug-likeness (QED) is 0.809. The molecule has 14 heavy (non-hydrogen) atoms. The lowest BCUT2D eigenvalue weighted by Gasteiger charge is -1.97. The van der Waals surface area contributed by atoms with Gasteiger partial charge in [-0.1, -0.05) is 13.8 Å². The second-order valence-electron chi connectivity index (χ2n) is 4.34. The molecule has 1 aromatic heterocycles. The second kappa shape index (κ2) is 4.36. The van der Waals surface area contributed by atoms with Gasteiger partial charge in [0.25, 0.3) is 0 Å². The molecule has 0 atom stereocenters. The lowest BCUT2D eigenvalue weighted by Crippen LogP contribution is -2.14. The molecule has 1 aliphatic carbocycles. The molecule has 1 fully saturated rings. The van der Waals surface area contributed by atoms with E-state index in [4.69, 9.17) is 0 Å². The third-order valence-electron chi connectivity index (χ3n) is 2.21. The Bertz CT molecular complexity index is 291. The van der Waals surface area contributed by atoms with E-state index in [0.717, 1.165) is 24.0 Å². The van der Waals surface area contributed by atoms with Crippen molar-refractivity contribution in [1.82, 2.24) is 15.5 Å². The van der Waals surface area contributed by atoms with Crippen LogP contribution < -0.4 is 5.32 Å². The first-order valence-corrected chi connectivity index (χ1v) is 6.10. The van der Waals surface area contributed by atoms with Gasteiger partial charge >= 0.3 is 0 Å². The second-order valence-corrected chi connectivity index (χ2v) is 5.49. The molecule has 0 unspecified atom stereocenters. The lowest BCUT2D eigenvalue weighted by atomic mass is 10.1. The predicted octanol–water partition coefficient (Wildman–Crippen LogP) is 1.99. The molecule has 3 nitrogen and oxygen atoms in total. The maximum Gasteiger partial charge on any atom is 0.131 e. The molecule has 1 saturated carbocycles. The van der Waals surface area contributed by atoms with Crippen molar-refractivity contribution in [3.63, 3.8) is 0 Å². The van der Waals surface area contributed by atoms with E-state index in [1.807, 2.05) is 0 Å². The van der Waals surface area contributed by atoms with Gasteiger partial charge in [0.05, 0.1) is 0 Å². The van der Waals surface area contributed by atoms with Gasteiger partial charge in [0.1, 0.15) is 10.0 Å². The first kappa shape index (κ1) is 10.1. The molecule has 1 aromatic rings. The van der Waals surface area contributed by atoms with Gasteiger partial charge in [0.15, 0.2) is 0 Å². The van der Waals surface area contributed by atoms with Crippen molar-refractivity contribution in [2.45, 2.75) is 45.7 Å². The minimum Gasteiger partial charge on any atom is -0.308 e. The Morgan fingerprint density at radius 2 is 2.07 bits per heavy atom. The van der Waals surface area contributed by atoms with Gasteiger partial charge < -0.3 is 5.32 Å². The molecule has 1 N–H and O–H groups in total. The van der Waals surface area contributed by atoms with E-state index < -0.39 is 0 Å². The molecular formula is C10H17N3S. The van der Waals surface area contributed by atoms with Crippen molar-refractivity contribution in [3.05, 3.63) is 10.0 Å². The van der Waals surface area contributed by atoms with Crippen LogP contribution in [0.3, 0.4) is 0 Å². The van der Waals surface area contributed by atoms with Crippen LogP contribution in [0.15, 0.2) is 0 Å². The zero-order chi connectivity index (χ0) is 9.97. The van der Waals surface area contributed by atoms with Crippen LogP contribution in [0.5, 0.6) is 0 Å². The van der Waals surface area contributed by atoms with Crippen molar-refractivity contribution in [2.24, 2.45) is 5.92 Å². The van der Waals surface area contributed by atoms with Crippen LogP contribution in [0.1, 0.15) is 36.7 Å². The van der Waals surface area contributed by atoms with Crippen molar-refractivity contribution >= 4 is 11.3 Å². The first-order valence-electron chi connectivity index (χ1n) is 5.28. The topological polar surface area (TPSA) is 37.8 Å². The van der Waals surface area contributed by atoms with Gasteiger partial charge in [-0.15, -0.1) is 21.5 Å². The molecule has 78 valence electrons. The molecular weight excluding hydrogens is 194 g/mol. The van der Waals surface area contributed by atoms with Gasteiger partial charge in [-0.2, -0.15) is 0 Å². The van der Waals surface area contributed by atoms with E-state index in [0.29, 0.717) is 5.92 Å². The molecule has 4 heteroatoms. The summed E-state index contributed by atoms with van der Waals surface area (Å²) in [5.74, 6) is 0.673. The number of nitrogens with zero attached hydrogens (tertiary/aromatic N) is 2. The highest BCUT2D eigenvalue weighted by Gasteiger charge is 2.20. The van der Waals surface area contributed by atoms with Gasteiger partial charge in [0.2, 0.25) is 0 Å². The number of nitrogens with one attached hydrogen (secondary N) is 1. The fourth-order valence-electron chi connectivity index (χ4n) is 1.31. The Morgan fingerprint density at radius 3 is 2.71 bits per heavy atom. The zero-order valence-corrected chi connectivity index (χ0v) is 9.60. The summed E-state index contributed by atoms with van der Waals surface area (Å²) in [4.78, 5) is 0. The molecule has 0 bridgehead atoms. The summed E-state index contributed by atoms with van der Waals surface area (Å²) in [6.45, 7) is 5.33. The summed E-state index contributed by atoms with van der Waals surface area (Å²) >= 11 is 1.75. The molecule has 1 aliphatic rings. The van der Waals surface area contributed by atoms with E-state index in [9.17, 15) is 0 Å². The highest BCUT2D eigenvalue weighted by Crippen LogP contribution is 2.20. The number of aromatic nitrogens is 2. The van der Waals surface area contributed by atoms with Gasteiger partial charge in [0, 0.05) is 19.0 Å². The lowest BCUT2D eigenvalue weighted by molar-refractivity contribution is 0.637. The predicted molar refractivity (Wildman–Crippen MR) is 58.3 cm³/mol. The van der Waals surface area contributed by atoms with E-state index in [-0.39, 0.29) is 0 Å². The van der Waals surface area contributed by atoms with Crippen LogP contribution in [0, 0.1) is 5.92 Å². The maximum absolute atomic E-state index is 4.18. The third-order valence-corrected chi connectivity index (χ3v) is 3.16. The Balaban J connectivity index is 1.81. The molecule has 1 heterocycles. The van der Waals surface area contributed by atoms with E-state index >= 15 is 0 Å². The Kier molecular flexibility index (Phi) is 3.13. The number of hydrogen-bond acceptors (Lipinski definition) is 4. The van der Waals surface area contributed by atoms with Crippen LogP contribution in [0.25, 0.3) is 0 Å². The van der Waals surface area contributed by atoms with E-state index in [1.54, 1.807) is 11.3 Å². The van der Waals surface area contributed by atoms with Crippen LogP contribution in [-0.2, 0) is 13.0 Å². The van der Waals surface area contributed by atoms with Crippen molar-refractivity contribution < 1.29 is 0 Å². The molecule has 0 radical (unpaired) electrons. The minimum absolute atomic E-state index is 0.673. The van der Waals surface area contributed by atoms with Crippen LogP contribution >= 0.6 is 11.3 Å². The molecule has 0 aromatic carbocycles. The standard InChI is InChI=1S/C10H17N3S/c1-7(2)5-9-12-13-10(14-9)6-11-8-3-4-8/h7-8,11H,3-6H2,1-2H3. The average Bonchev–Trinajstić information content (AvgIpc) is 2.84. The SMILES string of the molecule is CC(C)Cc1nnc(CNC2CC2)s1. The summed E-state index contributed by atoms with van der Waals surface area (Å²) in [5, 5.41) is 14.1. The molecule has 0 spiro atoms. The van der Waals surface area contributed by atoms with Crippen LogP contribution in [0.4, 0.5) is 0 Å². The van der Waals surface area contributed by atoms with Crippen molar-refractivity contribution in [2.75, 3.05) is 0 Å². The third kappa shape index (κ3) is 3.03. The van der Waals surface area contributed by atoms with Gasteiger partial charge in [-0.3, -0.25) is 0 Å². The summed E-state index contributed by atoms with van der Waals surface area (Å²) in [7, 11) is 0. The fraction of sp³-hybridized carbons (Fsp3) is 0.800. The van der Waals surface area contributed by atoms with Crippen molar-refractivity contribution in [1.29, 1.82) is 0 Å². The Morgan fingerprint density at radius 1 is 1.36 bits per heavy atom. The average molecular weight is 211 g/mol. The highest BCUT2D eigenvalue weighted by atomic mass is 32.1. The highest BCUT2D eigenvalue weighted by molar-refractivity contribution is 7.11. The fourth-order valence-corrected chi connectivity index (χ4v) is 2.32. The summed E-state index contributed by atoms with van der Waals surface area (Å²) in [6, 6.07) is 0.757. The minimum atomic E-state index is 0.673. The normalized spacial score (nSPS) is 16.5. The van der Waals surface area contributed by atoms with Crippen LogP contribution in [0.2, 0.25) is 0 Å². The zero-order valence-electron chi connectivity index (χ0n) is 8.79. The first-order chi connectivity index (χ1) is 6.74. The summed E-state index contributed by atoms with van der Waals surface area (Å²) < 4.78 is 0. The van der Waals surface area contributed by atoms with Crippen LogP contribution in [-0.4, -0.2) is 16.2 Å². The summed E-state index contributed by atoms with van der Waals surface area (Å²) in [6.07, 6.45) is 3.72. The monoisotopic (exact) mass is 211 g/mol.